The first-order valence-electron chi connectivity index (χ1n) is 3.49. The molecule has 0 fully saturated rings. The van der Waals surface area contributed by atoms with E-state index < -0.39 is 0 Å². The molecule has 0 bridgehead atoms. The number of rotatable bonds is 0. The van der Waals surface area contributed by atoms with Crippen molar-refractivity contribution >= 4 is 17.3 Å². The molecule has 1 aromatic carbocycles. The Morgan fingerprint density at radius 1 is 1.15 bits per heavy atom. The zero-order valence-corrected chi connectivity index (χ0v) is 11.0. The molecule has 2 rings (SSSR count). The topological polar surface area (TPSA) is 41.1 Å². The quantitative estimate of drug-likeness (QED) is 0.397. The molecular formula is C9H11KN2O. The average Bonchev–Trinajstić information content (AvgIpc) is 2.04. The van der Waals surface area contributed by atoms with E-state index in [-0.39, 0.29) is 64.7 Å². The molecule has 4 heteroatoms. The van der Waals surface area contributed by atoms with Crippen molar-refractivity contribution in [1.29, 1.82) is 0 Å². The third-order valence-electron chi connectivity index (χ3n) is 1.64. The van der Waals surface area contributed by atoms with Gasteiger partial charge in [-0.05, 0) is 12.1 Å². The number of hydrogen-bond acceptors (Lipinski definition) is 2. The van der Waals surface area contributed by atoms with Crippen LogP contribution in [0.15, 0.2) is 24.3 Å². The Bertz CT molecular complexity index is 301. The molecular weight excluding hydrogens is 191 g/mol. The largest absolute Gasteiger partial charge is 1.00 e. The molecule has 0 aliphatic carbocycles. The van der Waals surface area contributed by atoms with Crippen molar-refractivity contribution in [2.24, 2.45) is 0 Å². The van der Waals surface area contributed by atoms with Crippen LogP contribution in [0.2, 0.25) is 0 Å². The van der Waals surface area contributed by atoms with Crippen LogP contribution in [0.25, 0.3) is 0 Å². The van der Waals surface area contributed by atoms with Gasteiger partial charge in [0.1, 0.15) is 0 Å². The average molecular weight is 202 g/mol. The first kappa shape index (κ1) is 13.1. The van der Waals surface area contributed by atoms with E-state index in [2.05, 4.69) is 10.6 Å². The summed E-state index contributed by atoms with van der Waals surface area (Å²) in [5.41, 5.74) is 1.86. The number of hydrogen-bond donors (Lipinski definition) is 2. The Balaban J connectivity index is 0.000000720. The fraction of sp³-hybridized carbons (Fsp3) is 0.111. The smallest absolute Gasteiger partial charge is 0.374 e. The number of amides is 1. The summed E-state index contributed by atoms with van der Waals surface area (Å²) in [5.74, 6) is 0.0173. The monoisotopic (exact) mass is 202 g/mol. The standard InChI is InChI=1S/C8H8N2O.CH3.K/c11-8-5-9-6-3-1-2-4-7(6)10-8;;/h1-4,9H,5H2,(H,10,11);1H3;/q;-1;+1. The first-order chi connectivity index (χ1) is 5.36. The number of carbonyl (C=O) groups excluding carboxylic acids is 1. The molecule has 0 saturated carbocycles. The van der Waals surface area contributed by atoms with Gasteiger partial charge in [0.15, 0.2) is 0 Å². The summed E-state index contributed by atoms with van der Waals surface area (Å²) >= 11 is 0. The molecule has 2 N–H and O–H groups in total. The van der Waals surface area contributed by atoms with Crippen LogP contribution in [0, 0.1) is 7.43 Å². The van der Waals surface area contributed by atoms with Crippen LogP contribution in [0.3, 0.4) is 0 Å². The number of anilines is 2. The molecule has 3 nitrogen and oxygen atoms in total. The normalized spacial score (nSPS) is 12.5. The minimum Gasteiger partial charge on any atom is -0.374 e. The molecule has 0 atom stereocenters. The molecule has 0 radical (unpaired) electrons. The van der Waals surface area contributed by atoms with Crippen molar-refractivity contribution < 1.29 is 56.2 Å². The Hall–Kier alpha value is 0.126. The van der Waals surface area contributed by atoms with E-state index >= 15 is 0 Å². The van der Waals surface area contributed by atoms with Gasteiger partial charge in [-0.2, -0.15) is 0 Å². The predicted molar refractivity (Wildman–Crippen MR) is 50.0 cm³/mol. The van der Waals surface area contributed by atoms with Gasteiger partial charge in [-0.1, -0.05) is 12.1 Å². The van der Waals surface area contributed by atoms with Gasteiger partial charge in [-0.15, -0.1) is 0 Å². The fourth-order valence-electron chi connectivity index (χ4n) is 1.12. The maximum atomic E-state index is 10.9. The zero-order chi connectivity index (χ0) is 7.68. The van der Waals surface area contributed by atoms with Gasteiger partial charge >= 0.3 is 51.4 Å². The summed E-state index contributed by atoms with van der Waals surface area (Å²) in [5, 5.41) is 5.76. The van der Waals surface area contributed by atoms with Crippen LogP contribution in [0.4, 0.5) is 11.4 Å². The van der Waals surface area contributed by atoms with Crippen molar-refractivity contribution in [2.45, 2.75) is 0 Å². The van der Waals surface area contributed by atoms with Crippen LogP contribution in [0.5, 0.6) is 0 Å². The Morgan fingerprint density at radius 2 is 1.77 bits per heavy atom. The fourth-order valence-corrected chi connectivity index (χ4v) is 1.12. The number of carbonyl (C=O) groups is 1. The van der Waals surface area contributed by atoms with Crippen molar-refractivity contribution in [3.05, 3.63) is 31.7 Å². The Kier molecular flexibility index (Phi) is 5.83. The molecule has 1 aliphatic heterocycles. The second-order valence-electron chi connectivity index (χ2n) is 2.45. The second-order valence-corrected chi connectivity index (χ2v) is 2.45. The number of fused-ring (bicyclic) bond motifs is 1. The van der Waals surface area contributed by atoms with E-state index in [1.165, 1.54) is 0 Å². The number of para-hydroxylation sites is 2. The summed E-state index contributed by atoms with van der Waals surface area (Å²) < 4.78 is 0. The van der Waals surface area contributed by atoms with Crippen molar-refractivity contribution in [1.82, 2.24) is 0 Å². The van der Waals surface area contributed by atoms with Crippen molar-refractivity contribution in [2.75, 3.05) is 17.2 Å². The maximum Gasteiger partial charge on any atom is 1.00 e. The molecule has 13 heavy (non-hydrogen) atoms. The minimum atomic E-state index is 0. The van der Waals surface area contributed by atoms with Crippen LogP contribution in [-0.2, 0) is 4.79 Å². The van der Waals surface area contributed by atoms with E-state index in [9.17, 15) is 4.79 Å². The molecule has 1 aliphatic rings. The van der Waals surface area contributed by atoms with Gasteiger partial charge in [0.05, 0.1) is 17.9 Å². The van der Waals surface area contributed by atoms with Gasteiger partial charge in [0, 0.05) is 0 Å². The SMILES string of the molecule is O=C1CNc2ccccc2N1.[CH3-].[K+]. The van der Waals surface area contributed by atoms with E-state index in [0.717, 1.165) is 11.4 Å². The number of nitrogens with one attached hydrogen (secondary N) is 2. The van der Waals surface area contributed by atoms with Gasteiger partial charge in [-0.3, -0.25) is 4.79 Å². The van der Waals surface area contributed by atoms with Crippen LogP contribution < -0.4 is 62.0 Å². The van der Waals surface area contributed by atoms with E-state index in [1.54, 1.807) is 0 Å². The zero-order valence-electron chi connectivity index (χ0n) is 7.92. The summed E-state index contributed by atoms with van der Waals surface area (Å²) in [6.07, 6.45) is 0. The van der Waals surface area contributed by atoms with Crippen molar-refractivity contribution in [3.8, 4) is 0 Å². The maximum absolute atomic E-state index is 10.9. The minimum absolute atomic E-state index is 0. The summed E-state index contributed by atoms with van der Waals surface area (Å²) in [7, 11) is 0. The molecule has 0 unspecified atom stereocenters. The third kappa shape index (κ3) is 3.07. The summed E-state index contributed by atoms with van der Waals surface area (Å²) in [4.78, 5) is 10.9. The molecule has 1 aromatic rings. The van der Waals surface area contributed by atoms with Crippen LogP contribution >= 0.6 is 0 Å². The Morgan fingerprint density at radius 3 is 2.46 bits per heavy atom. The van der Waals surface area contributed by atoms with Crippen LogP contribution in [-0.4, -0.2) is 12.5 Å². The third-order valence-corrected chi connectivity index (χ3v) is 1.64. The first-order valence-corrected chi connectivity index (χ1v) is 3.49. The second kappa shape index (κ2) is 5.77. The number of benzene rings is 1. The van der Waals surface area contributed by atoms with E-state index in [1.807, 2.05) is 24.3 Å². The van der Waals surface area contributed by atoms with E-state index in [4.69, 9.17) is 0 Å². The molecule has 1 heterocycles. The summed E-state index contributed by atoms with van der Waals surface area (Å²) in [6.45, 7) is 0.372. The van der Waals surface area contributed by atoms with Gasteiger partial charge < -0.3 is 18.1 Å². The van der Waals surface area contributed by atoms with Crippen molar-refractivity contribution in [3.63, 3.8) is 0 Å². The molecule has 0 aromatic heterocycles. The van der Waals surface area contributed by atoms with Crippen LogP contribution in [0.1, 0.15) is 0 Å². The van der Waals surface area contributed by atoms with Gasteiger partial charge in [-0.25, -0.2) is 0 Å². The Labute approximate surface area is 121 Å². The predicted octanol–water partition coefficient (Wildman–Crippen LogP) is -1.50. The van der Waals surface area contributed by atoms with Gasteiger partial charge in [0.25, 0.3) is 0 Å². The molecule has 0 saturated heterocycles. The molecule has 64 valence electrons. The van der Waals surface area contributed by atoms with Gasteiger partial charge in [0.2, 0.25) is 5.91 Å². The van der Waals surface area contributed by atoms with E-state index in [0.29, 0.717) is 6.54 Å². The molecule has 1 amide bonds. The summed E-state index contributed by atoms with van der Waals surface area (Å²) in [6, 6.07) is 7.64. The molecule has 0 spiro atoms.